The van der Waals surface area contributed by atoms with Crippen molar-refractivity contribution in [2.45, 2.75) is 32.5 Å². The Hall–Kier alpha value is -4.37. The largest absolute Gasteiger partial charge is 0.489 e. The molecule has 0 heterocycles. The van der Waals surface area contributed by atoms with Gasteiger partial charge in [0.05, 0.1) is 0 Å². The van der Waals surface area contributed by atoms with Crippen LogP contribution < -0.4 is 9.47 Å². The number of carbonyl (C=O) groups is 1. The summed E-state index contributed by atoms with van der Waals surface area (Å²) >= 11 is 0. The molecule has 3 heteroatoms. The van der Waals surface area contributed by atoms with E-state index in [-0.39, 0.29) is 5.78 Å². The third-order valence-corrected chi connectivity index (χ3v) is 6.41. The summed E-state index contributed by atoms with van der Waals surface area (Å²) in [7, 11) is 0. The van der Waals surface area contributed by atoms with Crippen molar-refractivity contribution in [3.8, 4) is 11.5 Å². The third kappa shape index (κ3) is 6.86. The molecule has 0 spiro atoms. The van der Waals surface area contributed by atoms with E-state index < -0.39 is 0 Å². The summed E-state index contributed by atoms with van der Waals surface area (Å²) in [6, 6.07) is 36.1. The van der Waals surface area contributed by atoms with Crippen molar-refractivity contribution in [2.24, 2.45) is 0 Å². The van der Waals surface area contributed by atoms with Gasteiger partial charge in [0.15, 0.2) is 5.78 Å². The molecule has 0 unspecified atom stereocenters. The molecule has 0 saturated heterocycles. The molecule has 4 aromatic rings. The van der Waals surface area contributed by atoms with Crippen molar-refractivity contribution in [1.29, 1.82) is 0 Å². The van der Waals surface area contributed by atoms with E-state index >= 15 is 0 Å². The fourth-order valence-corrected chi connectivity index (χ4v) is 4.38. The summed E-state index contributed by atoms with van der Waals surface area (Å²) in [5, 5.41) is 0. The average molecular weight is 487 g/mol. The first-order chi connectivity index (χ1) is 18.2. The highest BCUT2D eigenvalue weighted by molar-refractivity contribution is 6.13. The van der Waals surface area contributed by atoms with Crippen LogP contribution in [0.15, 0.2) is 120 Å². The maximum atomic E-state index is 13.2. The minimum Gasteiger partial charge on any atom is -0.489 e. The first kappa shape index (κ1) is 24.3. The fourth-order valence-electron chi connectivity index (χ4n) is 4.38. The van der Waals surface area contributed by atoms with E-state index in [1.807, 2.05) is 121 Å². The molecule has 37 heavy (non-hydrogen) atoms. The van der Waals surface area contributed by atoms with Gasteiger partial charge in [-0.05, 0) is 77.9 Å². The van der Waals surface area contributed by atoms with Crippen LogP contribution in [0.4, 0.5) is 0 Å². The van der Waals surface area contributed by atoms with Crippen molar-refractivity contribution in [3.63, 3.8) is 0 Å². The van der Waals surface area contributed by atoms with Gasteiger partial charge >= 0.3 is 0 Å². The van der Waals surface area contributed by atoms with E-state index in [1.54, 1.807) is 0 Å². The monoisotopic (exact) mass is 486 g/mol. The molecule has 0 bridgehead atoms. The van der Waals surface area contributed by atoms with E-state index in [1.165, 1.54) is 0 Å². The van der Waals surface area contributed by atoms with E-state index in [9.17, 15) is 4.79 Å². The Labute approximate surface area is 218 Å². The van der Waals surface area contributed by atoms with Crippen molar-refractivity contribution in [1.82, 2.24) is 0 Å². The van der Waals surface area contributed by atoms with Gasteiger partial charge in [-0.2, -0.15) is 0 Å². The van der Waals surface area contributed by atoms with Crippen molar-refractivity contribution in [3.05, 3.63) is 143 Å². The smallest absolute Gasteiger partial charge is 0.185 e. The number of benzene rings is 4. The molecule has 0 atom stereocenters. The van der Waals surface area contributed by atoms with Crippen LogP contribution in [-0.4, -0.2) is 5.78 Å². The zero-order valence-corrected chi connectivity index (χ0v) is 20.8. The molecule has 1 aliphatic rings. The minimum absolute atomic E-state index is 0.139. The Balaban J connectivity index is 1.20. The van der Waals surface area contributed by atoms with Gasteiger partial charge in [0.2, 0.25) is 0 Å². The van der Waals surface area contributed by atoms with Crippen LogP contribution in [0.2, 0.25) is 0 Å². The van der Waals surface area contributed by atoms with Crippen molar-refractivity contribution >= 4 is 17.9 Å². The molecule has 0 aromatic heterocycles. The van der Waals surface area contributed by atoms with Gasteiger partial charge in [-0.25, -0.2) is 0 Å². The van der Waals surface area contributed by atoms with Crippen molar-refractivity contribution in [2.75, 3.05) is 0 Å². The van der Waals surface area contributed by atoms with Gasteiger partial charge in [-0.3, -0.25) is 4.79 Å². The minimum atomic E-state index is 0.139. The zero-order chi connectivity index (χ0) is 25.3. The van der Waals surface area contributed by atoms with E-state index in [0.717, 1.165) is 64.2 Å². The topological polar surface area (TPSA) is 35.5 Å². The molecule has 1 fully saturated rings. The quantitative estimate of drug-likeness (QED) is 0.236. The lowest BCUT2D eigenvalue weighted by atomic mass is 9.87. The summed E-state index contributed by atoms with van der Waals surface area (Å²) in [4.78, 5) is 13.2. The normalized spacial score (nSPS) is 15.6. The lowest BCUT2D eigenvalue weighted by molar-refractivity contribution is -0.112. The molecule has 1 saturated carbocycles. The SMILES string of the molecule is O=C1/C(=C\c2ccc(OCc3ccccc3)cc2)CCC/C1=C\c1ccc(OCc2ccccc2)cc1. The summed E-state index contributed by atoms with van der Waals surface area (Å²) < 4.78 is 11.8. The Morgan fingerprint density at radius 2 is 0.946 bits per heavy atom. The van der Waals surface area contributed by atoms with Gasteiger partial charge in [0.1, 0.15) is 24.7 Å². The highest BCUT2D eigenvalue weighted by Crippen LogP contribution is 2.29. The number of carbonyl (C=O) groups excluding carboxylic acids is 1. The summed E-state index contributed by atoms with van der Waals surface area (Å²) in [5.41, 5.74) is 6.01. The third-order valence-electron chi connectivity index (χ3n) is 6.41. The van der Waals surface area contributed by atoms with Crippen LogP contribution in [0.5, 0.6) is 11.5 Å². The number of ether oxygens (including phenoxy) is 2. The Kier molecular flexibility index (Phi) is 7.92. The van der Waals surface area contributed by atoms with Crippen LogP contribution >= 0.6 is 0 Å². The second-order valence-corrected chi connectivity index (χ2v) is 9.21. The summed E-state index contributed by atoms with van der Waals surface area (Å²) in [6.07, 6.45) is 6.59. The molecular formula is C34H30O3. The average Bonchev–Trinajstić information content (AvgIpc) is 2.95. The molecule has 0 amide bonds. The molecule has 0 N–H and O–H groups in total. The number of rotatable bonds is 8. The molecule has 0 aliphatic heterocycles. The molecular weight excluding hydrogens is 456 g/mol. The highest BCUT2D eigenvalue weighted by atomic mass is 16.5. The van der Waals surface area contributed by atoms with Crippen LogP contribution in [0.1, 0.15) is 41.5 Å². The zero-order valence-electron chi connectivity index (χ0n) is 20.8. The number of allylic oxidation sites excluding steroid dienone is 2. The van der Waals surface area contributed by atoms with Gasteiger partial charge in [-0.1, -0.05) is 84.9 Å². The Morgan fingerprint density at radius 3 is 1.35 bits per heavy atom. The maximum absolute atomic E-state index is 13.2. The first-order valence-electron chi connectivity index (χ1n) is 12.7. The lowest BCUT2D eigenvalue weighted by Gasteiger charge is -2.17. The van der Waals surface area contributed by atoms with Gasteiger partial charge in [0.25, 0.3) is 0 Å². The summed E-state index contributed by atoms with van der Waals surface area (Å²) in [6.45, 7) is 1.07. The van der Waals surface area contributed by atoms with E-state index in [0.29, 0.717) is 13.2 Å². The maximum Gasteiger partial charge on any atom is 0.185 e. The predicted octanol–water partition coefficient (Wildman–Crippen LogP) is 8.06. The molecule has 5 rings (SSSR count). The second kappa shape index (κ2) is 12.0. The number of ketones is 1. The van der Waals surface area contributed by atoms with Crippen LogP contribution in [0.3, 0.4) is 0 Å². The lowest BCUT2D eigenvalue weighted by Crippen LogP contribution is -2.12. The van der Waals surface area contributed by atoms with E-state index in [4.69, 9.17) is 9.47 Å². The van der Waals surface area contributed by atoms with Gasteiger partial charge < -0.3 is 9.47 Å². The highest BCUT2D eigenvalue weighted by Gasteiger charge is 2.20. The number of Topliss-reactive ketones (excluding diaryl/α,β-unsaturated/α-hetero) is 1. The van der Waals surface area contributed by atoms with E-state index in [2.05, 4.69) is 0 Å². The standard InChI is InChI=1S/C34H30O3/c35-34-30(22-26-14-18-32(19-15-26)36-24-28-8-3-1-4-9-28)12-7-13-31(34)23-27-16-20-33(21-17-27)37-25-29-10-5-2-6-11-29/h1-6,8-11,14-23H,7,12-13,24-25H2/b30-22-,31-23+. The van der Waals surface area contributed by atoms with Crippen molar-refractivity contribution < 1.29 is 14.3 Å². The molecule has 1 aliphatic carbocycles. The molecule has 4 aromatic carbocycles. The number of hydrogen-bond donors (Lipinski definition) is 0. The number of hydrogen-bond acceptors (Lipinski definition) is 3. The van der Waals surface area contributed by atoms with Crippen LogP contribution in [0, 0.1) is 0 Å². The van der Waals surface area contributed by atoms with Gasteiger partial charge in [0, 0.05) is 11.1 Å². The molecule has 3 nitrogen and oxygen atoms in total. The Bertz CT molecular complexity index is 1260. The molecule has 0 radical (unpaired) electrons. The van der Waals surface area contributed by atoms with Crippen LogP contribution in [0.25, 0.3) is 12.2 Å². The van der Waals surface area contributed by atoms with Crippen LogP contribution in [-0.2, 0) is 18.0 Å². The first-order valence-corrected chi connectivity index (χ1v) is 12.7. The summed E-state index contributed by atoms with van der Waals surface area (Å²) in [5.74, 6) is 1.77. The fraction of sp³-hybridized carbons (Fsp3) is 0.147. The predicted molar refractivity (Wildman–Crippen MR) is 149 cm³/mol. The Morgan fingerprint density at radius 1 is 0.541 bits per heavy atom. The second-order valence-electron chi connectivity index (χ2n) is 9.21. The molecule has 184 valence electrons. The van der Waals surface area contributed by atoms with Gasteiger partial charge in [-0.15, -0.1) is 0 Å².